The zero-order valence-corrected chi connectivity index (χ0v) is 22.8. The lowest BCUT2D eigenvalue weighted by molar-refractivity contribution is -0.160. The number of rotatable bonds is 8. The molecule has 2 bridgehead atoms. The predicted molar refractivity (Wildman–Crippen MR) is 150 cm³/mol. The third-order valence-corrected chi connectivity index (χ3v) is 8.72. The van der Waals surface area contributed by atoms with Gasteiger partial charge in [-0.05, 0) is 40.8 Å². The van der Waals surface area contributed by atoms with Gasteiger partial charge in [0.25, 0.3) is 5.91 Å². The second kappa shape index (κ2) is 10.5. The Morgan fingerprint density at radius 2 is 1.35 bits per heavy atom. The lowest BCUT2D eigenvalue weighted by Gasteiger charge is -2.45. The van der Waals surface area contributed by atoms with E-state index in [0.29, 0.717) is 17.1 Å². The van der Waals surface area contributed by atoms with Crippen LogP contribution >= 0.6 is 11.6 Å². The van der Waals surface area contributed by atoms with Crippen LogP contribution in [0.3, 0.4) is 0 Å². The second-order valence-corrected chi connectivity index (χ2v) is 11.0. The number of benzene rings is 3. The molecule has 1 N–H and O–H groups in total. The number of unbranched alkanes of at least 4 members (excludes halogenated alkanes) is 1. The second-order valence-electron chi connectivity index (χ2n) is 10.6. The summed E-state index contributed by atoms with van der Waals surface area (Å²) in [5.74, 6) is -3.68. The summed E-state index contributed by atoms with van der Waals surface area (Å²) in [5, 5.41) is 2.98. The highest BCUT2D eigenvalue weighted by atomic mass is 35.5. The number of halogens is 1. The number of amides is 3. The predicted octanol–water partition coefficient (Wildman–Crippen LogP) is 5.27. The van der Waals surface area contributed by atoms with Crippen molar-refractivity contribution in [2.45, 2.75) is 44.1 Å². The number of para-hydroxylation sites is 1. The van der Waals surface area contributed by atoms with E-state index in [1.54, 1.807) is 24.3 Å². The van der Waals surface area contributed by atoms with Gasteiger partial charge in [-0.2, -0.15) is 0 Å². The Bertz CT molecular complexity index is 1400. The third-order valence-electron chi connectivity index (χ3n) is 8.39. The minimum atomic E-state index is -1.09. The number of esters is 1. The van der Waals surface area contributed by atoms with Crippen molar-refractivity contribution in [2.24, 2.45) is 11.8 Å². The van der Waals surface area contributed by atoms with Crippen LogP contribution in [0.5, 0.6) is 0 Å². The molecule has 0 spiro atoms. The molecule has 4 aliphatic rings. The molecule has 1 saturated heterocycles. The number of nitrogens with zero attached hydrogens (tertiary/aromatic N) is 1. The number of likely N-dealkylation sites (tertiary alicyclic amines) is 1. The quantitative estimate of drug-likeness (QED) is 0.301. The molecule has 8 heteroatoms. The fourth-order valence-electron chi connectivity index (χ4n) is 6.74. The van der Waals surface area contributed by atoms with Crippen molar-refractivity contribution in [3.63, 3.8) is 0 Å². The number of nitrogens with one attached hydrogen (secondary N) is 1. The largest absolute Gasteiger partial charge is 0.454 e. The summed E-state index contributed by atoms with van der Waals surface area (Å²) in [5.41, 5.74) is 4.67. The number of carbonyl (C=O) groups excluding carboxylic acids is 4. The fourth-order valence-corrected chi connectivity index (χ4v) is 6.92. The maximum Gasteiger partial charge on any atom is 0.329 e. The van der Waals surface area contributed by atoms with Crippen molar-refractivity contribution in [1.29, 1.82) is 0 Å². The number of carbonyl (C=O) groups is 4. The first-order chi connectivity index (χ1) is 19.4. The van der Waals surface area contributed by atoms with Crippen LogP contribution in [0.25, 0.3) is 0 Å². The summed E-state index contributed by atoms with van der Waals surface area (Å²) in [6.07, 6.45) is 1.65. The highest BCUT2D eigenvalue weighted by Gasteiger charge is 2.63. The first-order valence-electron chi connectivity index (χ1n) is 13.7. The van der Waals surface area contributed by atoms with Gasteiger partial charge in [0.05, 0.1) is 22.5 Å². The van der Waals surface area contributed by atoms with Crippen molar-refractivity contribution in [3.05, 3.63) is 100 Å². The van der Waals surface area contributed by atoms with E-state index in [2.05, 4.69) is 5.32 Å². The summed E-state index contributed by atoms with van der Waals surface area (Å²) in [4.78, 5) is 55.2. The van der Waals surface area contributed by atoms with Crippen molar-refractivity contribution in [1.82, 2.24) is 4.90 Å². The van der Waals surface area contributed by atoms with Gasteiger partial charge in [-0.25, -0.2) is 4.79 Å². The number of anilines is 1. The molecule has 1 fully saturated rings. The number of hydrogen-bond acceptors (Lipinski definition) is 5. The molecule has 0 unspecified atom stereocenters. The minimum absolute atomic E-state index is 0.256. The number of imide groups is 1. The molecule has 204 valence electrons. The Morgan fingerprint density at radius 3 is 1.85 bits per heavy atom. The molecule has 0 saturated carbocycles. The average Bonchev–Trinajstić information content (AvgIpc) is 3.23. The van der Waals surface area contributed by atoms with E-state index in [4.69, 9.17) is 16.3 Å². The van der Waals surface area contributed by atoms with E-state index in [0.717, 1.165) is 33.6 Å². The van der Waals surface area contributed by atoms with Crippen LogP contribution in [0.1, 0.15) is 60.3 Å². The SMILES string of the molecule is CCCC[C@H](C(=O)OCC(=O)Nc1ccccc1Cl)N1C(=O)[C@H]2C3c4ccccc4C(c4ccccc43)[C@@H]2C1=O. The van der Waals surface area contributed by atoms with Gasteiger partial charge in [0.1, 0.15) is 6.04 Å². The maximum atomic E-state index is 14.1. The molecular weight excluding hydrogens is 528 g/mol. The van der Waals surface area contributed by atoms with Crippen LogP contribution in [0.4, 0.5) is 5.69 Å². The lowest BCUT2D eigenvalue weighted by Crippen LogP contribution is -2.47. The Kier molecular flexibility index (Phi) is 6.92. The van der Waals surface area contributed by atoms with E-state index >= 15 is 0 Å². The minimum Gasteiger partial charge on any atom is -0.454 e. The smallest absolute Gasteiger partial charge is 0.329 e. The molecule has 7 rings (SSSR count). The molecular formula is C32H29ClN2O5. The van der Waals surface area contributed by atoms with Crippen LogP contribution in [0, 0.1) is 11.8 Å². The summed E-state index contributed by atoms with van der Waals surface area (Å²) in [6, 6.07) is 21.7. The van der Waals surface area contributed by atoms with Gasteiger partial charge in [0.15, 0.2) is 6.61 Å². The van der Waals surface area contributed by atoms with Crippen LogP contribution < -0.4 is 5.32 Å². The molecule has 40 heavy (non-hydrogen) atoms. The zero-order valence-electron chi connectivity index (χ0n) is 22.0. The average molecular weight is 557 g/mol. The molecule has 0 radical (unpaired) electrons. The first-order valence-corrected chi connectivity index (χ1v) is 14.1. The highest BCUT2D eigenvalue weighted by molar-refractivity contribution is 6.33. The van der Waals surface area contributed by atoms with Crippen molar-refractivity contribution >= 4 is 41.0 Å². The summed E-state index contributed by atoms with van der Waals surface area (Å²) in [6.45, 7) is 1.41. The topological polar surface area (TPSA) is 92.8 Å². The maximum absolute atomic E-state index is 14.1. The fraction of sp³-hybridized carbons (Fsp3) is 0.312. The van der Waals surface area contributed by atoms with Crippen molar-refractivity contribution in [3.8, 4) is 0 Å². The lowest BCUT2D eigenvalue weighted by atomic mass is 9.55. The van der Waals surface area contributed by atoms with Gasteiger partial charge < -0.3 is 10.1 Å². The summed E-state index contributed by atoms with van der Waals surface area (Å²) in [7, 11) is 0. The number of ether oxygens (including phenoxy) is 1. The Balaban J connectivity index is 1.27. The van der Waals surface area contributed by atoms with E-state index in [-0.39, 0.29) is 30.1 Å². The van der Waals surface area contributed by atoms with Gasteiger partial charge in [-0.15, -0.1) is 0 Å². The molecule has 3 aromatic carbocycles. The molecule has 3 aromatic rings. The first kappa shape index (κ1) is 26.3. The monoisotopic (exact) mass is 556 g/mol. The van der Waals surface area contributed by atoms with Gasteiger partial charge in [-0.3, -0.25) is 19.3 Å². The molecule has 3 amide bonds. The van der Waals surface area contributed by atoms with E-state index in [1.807, 2.05) is 55.5 Å². The van der Waals surface area contributed by atoms with Crippen LogP contribution in [-0.4, -0.2) is 41.2 Å². The van der Waals surface area contributed by atoms with E-state index in [9.17, 15) is 19.2 Å². The van der Waals surface area contributed by atoms with Gasteiger partial charge >= 0.3 is 5.97 Å². The summed E-state index contributed by atoms with van der Waals surface area (Å²) >= 11 is 6.11. The van der Waals surface area contributed by atoms with Crippen LogP contribution in [-0.2, 0) is 23.9 Å². The highest BCUT2D eigenvalue weighted by Crippen LogP contribution is 2.61. The molecule has 3 atom stereocenters. The van der Waals surface area contributed by atoms with Crippen molar-refractivity contribution in [2.75, 3.05) is 11.9 Å². The Hall–Kier alpha value is -3.97. The van der Waals surface area contributed by atoms with Crippen molar-refractivity contribution < 1.29 is 23.9 Å². The van der Waals surface area contributed by atoms with Gasteiger partial charge in [0.2, 0.25) is 11.8 Å². The Morgan fingerprint density at radius 1 is 0.850 bits per heavy atom. The standard InChI is InChI=1S/C32H29ClN2O5/c1-2-3-16-24(32(39)40-17-25(36)34-23-15-9-8-14-22(23)33)35-30(37)28-26-18-10-4-5-11-19(18)27(29(28)31(35)38)21-13-7-6-12-20(21)26/h4-15,24,26-29H,2-3,16-17H2,1H3,(H,34,36)/t24-,26?,27?,28+,29+/m1/s1. The molecule has 1 heterocycles. The van der Waals surface area contributed by atoms with Gasteiger partial charge in [-0.1, -0.05) is 92.0 Å². The van der Waals surface area contributed by atoms with Crippen LogP contribution in [0.2, 0.25) is 5.02 Å². The summed E-state index contributed by atoms with van der Waals surface area (Å²) < 4.78 is 5.39. The molecule has 3 aliphatic carbocycles. The number of hydrogen-bond donors (Lipinski definition) is 1. The third kappa shape index (κ3) is 4.20. The molecule has 0 aromatic heterocycles. The normalized spacial score (nSPS) is 22.8. The van der Waals surface area contributed by atoms with E-state index < -0.39 is 36.4 Å². The zero-order chi connectivity index (χ0) is 28.0. The van der Waals surface area contributed by atoms with Crippen LogP contribution in [0.15, 0.2) is 72.8 Å². The van der Waals surface area contributed by atoms with E-state index in [1.165, 1.54) is 0 Å². The molecule has 7 nitrogen and oxygen atoms in total. The molecule has 1 aliphatic heterocycles. The van der Waals surface area contributed by atoms with Gasteiger partial charge in [0, 0.05) is 11.8 Å². The Labute approximate surface area is 237 Å².